The summed E-state index contributed by atoms with van der Waals surface area (Å²) < 4.78 is 52.9. The van der Waals surface area contributed by atoms with E-state index < -0.39 is 85.7 Å². The number of fused-ring (bicyclic) bond motifs is 2. The third-order valence-electron chi connectivity index (χ3n) is 12.0. The zero-order chi connectivity index (χ0) is 45.1. The van der Waals surface area contributed by atoms with Crippen LogP contribution >= 0.6 is 8.53 Å². The van der Waals surface area contributed by atoms with Crippen molar-refractivity contribution in [2.24, 2.45) is 0 Å². The number of hydrogen-bond acceptors (Lipinski definition) is 15. The molecular formula is C45H56N4O13P+. The number of carbonyl (C=O) groups excluding carboxylic acids is 2. The van der Waals surface area contributed by atoms with Crippen LogP contribution in [0.5, 0.6) is 11.5 Å². The molecule has 18 heteroatoms. The number of urea groups is 1. The maximum atomic E-state index is 14.5. The highest BCUT2D eigenvalue weighted by Crippen LogP contribution is 2.56. The molecule has 10 atom stereocenters. The maximum absolute atomic E-state index is 14.5. The normalized spacial score (nSPS) is 29.7. The van der Waals surface area contributed by atoms with Gasteiger partial charge < -0.3 is 52.8 Å². The number of rotatable bonds is 19. The Kier molecular flexibility index (Phi) is 14.3. The van der Waals surface area contributed by atoms with Crippen molar-refractivity contribution in [1.29, 1.82) is 5.26 Å². The quantitative estimate of drug-likeness (QED) is 0.0576. The molecule has 2 bridgehead atoms. The smallest absolute Gasteiger partial charge is 0.432 e. The van der Waals surface area contributed by atoms with Crippen molar-refractivity contribution in [3.63, 3.8) is 0 Å². The monoisotopic (exact) mass is 891 g/mol. The highest BCUT2D eigenvalue weighted by Gasteiger charge is 2.74. The number of quaternary nitrogens is 1. The molecule has 338 valence electrons. The minimum Gasteiger partial charge on any atom is -0.497 e. The first-order chi connectivity index (χ1) is 30.3. The Morgan fingerprint density at radius 3 is 2.05 bits per heavy atom. The van der Waals surface area contributed by atoms with Crippen molar-refractivity contribution in [3.05, 3.63) is 108 Å². The summed E-state index contributed by atoms with van der Waals surface area (Å²) in [6, 6.07) is 25.7. The zero-order valence-electron chi connectivity index (χ0n) is 36.1. The van der Waals surface area contributed by atoms with Crippen molar-refractivity contribution >= 4 is 20.5 Å². The number of carbonyl (C=O) groups is 2. The average molecular weight is 892 g/mol. The molecule has 4 aliphatic heterocycles. The molecule has 17 nitrogen and oxygen atoms in total. The molecule has 4 heterocycles. The molecule has 0 aromatic heterocycles. The second kappa shape index (κ2) is 19.4. The molecule has 0 saturated carbocycles. The predicted molar refractivity (Wildman–Crippen MR) is 226 cm³/mol. The predicted octanol–water partition coefficient (Wildman–Crippen LogP) is 4.19. The van der Waals surface area contributed by atoms with Crippen LogP contribution in [0, 0.1) is 11.3 Å². The molecule has 63 heavy (non-hydrogen) atoms. The van der Waals surface area contributed by atoms with E-state index >= 15 is 0 Å². The number of nitrogens with one attached hydrogen (secondary N) is 1. The van der Waals surface area contributed by atoms with E-state index in [4.69, 9.17) is 37.5 Å². The van der Waals surface area contributed by atoms with Crippen molar-refractivity contribution in [3.8, 4) is 17.6 Å². The van der Waals surface area contributed by atoms with Gasteiger partial charge in [0.1, 0.15) is 41.6 Å². The van der Waals surface area contributed by atoms with Gasteiger partial charge in [0.2, 0.25) is 12.5 Å². The van der Waals surface area contributed by atoms with Gasteiger partial charge in [-0.1, -0.05) is 54.6 Å². The van der Waals surface area contributed by atoms with Crippen LogP contribution in [0.15, 0.2) is 91.1 Å². The van der Waals surface area contributed by atoms with E-state index in [1.165, 1.54) is 6.20 Å². The van der Waals surface area contributed by atoms with Crippen LogP contribution in [0.2, 0.25) is 0 Å². The molecule has 0 radical (unpaired) electrons. The SMILES string of the molecule is COc1ccc(C(OC[C@]23CO[C@H]([C@H]([N+]4([C@@H]5O[C@H](CO)[C@@H](O)[C@H]5O)C=CC(=O)NC4=O)O2)[C@@H]3OP(OCCC#N)N(C(C)C)C(C)C)(c2ccccc2)c2ccc(OC)cc2)cc1. The molecule has 0 spiro atoms. The summed E-state index contributed by atoms with van der Waals surface area (Å²) in [5.74, 6) is 0.540. The van der Waals surface area contributed by atoms with Crippen molar-refractivity contribution in [1.82, 2.24) is 9.99 Å². The number of benzene rings is 3. The molecule has 3 aromatic rings. The summed E-state index contributed by atoms with van der Waals surface area (Å²) in [6.07, 6.45) is -7.25. The molecule has 3 amide bonds. The molecule has 2 unspecified atom stereocenters. The molecule has 7 rings (SSSR count). The Labute approximate surface area is 368 Å². The lowest BCUT2D eigenvalue weighted by molar-refractivity contribution is -0.907. The fraction of sp³-hybridized carbons (Fsp3) is 0.489. The summed E-state index contributed by atoms with van der Waals surface area (Å²) >= 11 is 0. The van der Waals surface area contributed by atoms with Gasteiger partial charge in [0.15, 0.2) is 17.8 Å². The molecule has 3 aromatic carbocycles. The minimum absolute atomic E-state index is 0.0615. The molecular weight excluding hydrogens is 835 g/mol. The third-order valence-corrected chi connectivity index (χ3v) is 14.1. The summed E-state index contributed by atoms with van der Waals surface area (Å²) in [5, 5.41) is 44.5. The fourth-order valence-corrected chi connectivity index (χ4v) is 10.8. The third kappa shape index (κ3) is 8.52. The Hall–Kier alpha value is -4.38. The Bertz CT molecular complexity index is 2070. The van der Waals surface area contributed by atoms with Gasteiger partial charge in [-0.25, -0.2) is 14.8 Å². The van der Waals surface area contributed by atoms with Crippen LogP contribution < -0.4 is 14.8 Å². The summed E-state index contributed by atoms with van der Waals surface area (Å²) in [4.78, 5) is 27.2. The maximum Gasteiger partial charge on any atom is 0.432 e. The van der Waals surface area contributed by atoms with E-state index in [1.807, 2.05) is 107 Å². The second-order valence-electron chi connectivity index (χ2n) is 16.4. The van der Waals surface area contributed by atoms with Gasteiger partial charge in [0.25, 0.3) is 14.4 Å². The van der Waals surface area contributed by atoms with Gasteiger partial charge in [-0.3, -0.25) is 4.79 Å². The van der Waals surface area contributed by atoms with E-state index in [9.17, 15) is 30.2 Å². The molecule has 3 fully saturated rings. The summed E-state index contributed by atoms with van der Waals surface area (Å²) in [5.41, 5.74) is -0.638. The van der Waals surface area contributed by atoms with Crippen molar-refractivity contribution in [2.45, 2.75) is 100 Å². The topological polar surface area (TPSA) is 208 Å². The number of nitrogens with zero attached hydrogens (tertiary/aromatic N) is 3. The molecule has 0 aliphatic carbocycles. The van der Waals surface area contributed by atoms with Gasteiger partial charge in [0.05, 0.1) is 59.2 Å². The van der Waals surface area contributed by atoms with Crippen molar-refractivity contribution in [2.75, 3.05) is 40.6 Å². The lowest BCUT2D eigenvalue weighted by atomic mass is 9.79. The number of methoxy groups -OCH3 is 2. The second-order valence-corrected chi connectivity index (χ2v) is 17.8. The first-order valence-corrected chi connectivity index (χ1v) is 22.0. The van der Waals surface area contributed by atoms with Gasteiger partial charge in [0, 0.05) is 12.1 Å². The average Bonchev–Trinajstić information content (AvgIpc) is 3.89. The van der Waals surface area contributed by atoms with E-state index in [-0.39, 0.29) is 38.3 Å². The molecule has 4 aliphatic rings. The Balaban J connectivity index is 1.40. The van der Waals surface area contributed by atoms with Crippen LogP contribution in [-0.4, -0.2) is 138 Å². The van der Waals surface area contributed by atoms with E-state index in [0.717, 1.165) is 22.8 Å². The largest absolute Gasteiger partial charge is 0.497 e. The van der Waals surface area contributed by atoms with Crippen molar-refractivity contribution < 1.29 is 66.9 Å². The fourth-order valence-electron chi connectivity index (χ4n) is 8.97. The number of amides is 3. The van der Waals surface area contributed by atoms with E-state index in [0.29, 0.717) is 11.5 Å². The molecule has 3 saturated heterocycles. The number of imide groups is 1. The first-order valence-electron chi connectivity index (χ1n) is 20.9. The Morgan fingerprint density at radius 2 is 1.52 bits per heavy atom. The van der Waals surface area contributed by atoms with E-state index in [1.54, 1.807) is 14.2 Å². The number of nitriles is 1. The summed E-state index contributed by atoms with van der Waals surface area (Å²) in [6.45, 7) is 7.08. The molecule has 4 N–H and O–H groups in total. The zero-order valence-corrected chi connectivity index (χ0v) is 37.0. The van der Waals surface area contributed by atoms with Crippen LogP contribution in [0.1, 0.15) is 50.8 Å². The van der Waals surface area contributed by atoms with E-state index in [2.05, 4.69) is 16.1 Å². The number of aliphatic hydroxyl groups excluding tert-OH is 3. The standard InChI is InChI=1S/C45H55N4O13P/c1-28(2)48(29(3)4)63(59-24-10-22-46)62-40-39-42(49(23-21-36(51)47-43(49)54)41-38(53)37(52)35(25-50)60-41)61-44(40,26-57-39)27-58-45(30-11-8-7-9-12-30,31-13-17-33(55-5)18-14-31)32-15-19-34(56-6)20-16-32/h7-9,11-21,23,28-29,35,37-42,50,52-53H,10,24-27H2,1-6H3/p+1/t35-,37-,38-,39+,40+,41-,42-,44+,49?,63?/m1/s1. The number of hydrogen-bond donors (Lipinski definition) is 4. The van der Waals surface area contributed by atoms with Gasteiger partial charge in [-0.2, -0.15) is 9.74 Å². The highest BCUT2D eigenvalue weighted by atomic mass is 31.2. The number of aliphatic hydroxyl groups is 3. The summed E-state index contributed by atoms with van der Waals surface area (Å²) in [7, 11) is 1.22. The van der Waals surface area contributed by atoms with Gasteiger partial charge >= 0.3 is 6.03 Å². The Morgan fingerprint density at radius 1 is 0.921 bits per heavy atom. The number of ether oxygens (including phenoxy) is 6. The van der Waals surface area contributed by atoms with Crippen LogP contribution in [0.25, 0.3) is 0 Å². The highest BCUT2D eigenvalue weighted by molar-refractivity contribution is 7.44. The lowest BCUT2D eigenvalue weighted by Gasteiger charge is -2.45. The van der Waals surface area contributed by atoms with Crippen LogP contribution in [0.3, 0.4) is 0 Å². The van der Waals surface area contributed by atoms with Crippen LogP contribution in [0.4, 0.5) is 4.79 Å². The van der Waals surface area contributed by atoms with Gasteiger partial charge in [-0.15, -0.1) is 0 Å². The lowest BCUT2D eigenvalue weighted by Crippen LogP contribution is -2.72. The van der Waals surface area contributed by atoms with Gasteiger partial charge in [-0.05, 0) is 68.7 Å². The van der Waals surface area contributed by atoms with Crippen LogP contribution in [-0.2, 0) is 38.4 Å². The minimum atomic E-state index is -1.95. The first kappa shape index (κ1) is 46.6.